The molecule has 0 aromatic carbocycles. The molecular formula is C22H31N5OS. The van der Waals surface area contributed by atoms with Crippen molar-refractivity contribution in [2.45, 2.75) is 46.2 Å². The van der Waals surface area contributed by atoms with Crippen LogP contribution in [0.15, 0.2) is 29.9 Å². The number of rotatable bonds is 5. The number of carbonyl (C=O) groups is 1. The van der Waals surface area contributed by atoms with E-state index >= 15 is 0 Å². The van der Waals surface area contributed by atoms with E-state index in [1.165, 1.54) is 4.88 Å². The number of amides is 1. The molecule has 4 rings (SSSR count). The molecule has 2 aliphatic rings. The van der Waals surface area contributed by atoms with Crippen LogP contribution >= 0.6 is 11.3 Å². The SMILES string of the molecule is Cc1cnc(N2CC[C@H](NC(=O)C(C)C)[C@@]3(CCN(Cc4cccs4)C3)C2)nc1. The molecule has 1 N–H and O–H groups in total. The lowest BCUT2D eigenvalue weighted by Gasteiger charge is -2.46. The number of piperidine rings is 1. The third-order valence-corrected chi connectivity index (χ3v) is 7.11. The van der Waals surface area contributed by atoms with Crippen molar-refractivity contribution in [2.24, 2.45) is 11.3 Å². The molecule has 0 unspecified atom stereocenters. The van der Waals surface area contributed by atoms with E-state index < -0.39 is 0 Å². The smallest absolute Gasteiger partial charge is 0.225 e. The Labute approximate surface area is 177 Å². The van der Waals surface area contributed by atoms with Crippen LogP contribution in [0.25, 0.3) is 0 Å². The van der Waals surface area contributed by atoms with E-state index in [2.05, 4.69) is 42.6 Å². The monoisotopic (exact) mass is 413 g/mol. The van der Waals surface area contributed by atoms with Crippen LogP contribution in [0.4, 0.5) is 5.95 Å². The summed E-state index contributed by atoms with van der Waals surface area (Å²) in [5.41, 5.74) is 1.11. The molecule has 0 aliphatic carbocycles. The molecule has 2 atom stereocenters. The van der Waals surface area contributed by atoms with Gasteiger partial charge in [0.2, 0.25) is 11.9 Å². The quantitative estimate of drug-likeness (QED) is 0.816. The maximum atomic E-state index is 12.5. The van der Waals surface area contributed by atoms with Gasteiger partial charge in [-0.05, 0) is 43.3 Å². The van der Waals surface area contributed by atoms with Crippen LogP contribution in [0.3, 0.4) is 0 Å². The number of nitrogens with one attached hydrogen (secondary N) is 1. The fourth-order valence-electron chi connectivity index (χ4n) is 4.60. The molecule has 4 heterocycles. The van der Waals surface area contributed by atoms with E-state index in [9.17, 15) is 4.79 Å². The molecule has 1 spiro atoms. The molecule has 7 heteroatoms. The lowest BCUT2D eigenvalue weighted by molar-refractivity contribution is -0.125. The summed E-state index contributed by atoms with van der Waals surface area (Å²) in [7, 11) is 0. The summed E-state index contributed by atoms with van der Waals surface area (Å²) in [5, 5.41) is 5.52. The molecule has 2 aromatic heterocycles. The number of anilines is 1. The maximum absolute atomic E-state index is 12.5. The van der Waals surface area contributed by atoms with Crippen molar-refractivity contribution in [3.63, 3.8) is 0 Å². The largest absolute Gasteiger partial charge is 0.352 e. The van der Waals surface area contributed by atoms with Crippen molar-refractivity contribution in [1.82, 2.24) is 20.2 Å². The Bertz CT molecular complexity index is 822. The predicted octanol–water partition coefficient (Wildman–Crippen LogP) is 3.09. The highest BCUT2D eigenvalue weighted by Gasteiger charge is 2.49. The second-order valence-corrected chi connectivity index (χ2v) is 9.92. The Hall–Kier alpha value is -1.99. The molecule has 29 heavy (non-hydrogen) atoms. The van der Waals surface area contributed by atoms with E-state index in [0.29, 0.717) is 0 Å². The lowest BCUT2D eigenvalue weighted by Crippen LogP contribution is -2.60. The Kier molecular flexibility index (Phi) is 5.88. The van der Waals surface area contributed by atoms with Crippen molar-refractivity contribution in [2.75, 3.05) is 31.1 Å². The van der Waals surface area contributed by atoms with Crippen LogP contribution in [0, 0.1) is 18.3 Å². The minimum absolute atomic E-state index is 0.00846. The first-order chi connectivity index (χ1) is 13.9. The van der Waals surface area contributed by atoms with Crippen LogP contribution in [-0.4, -0.2) is 53.0 Å². The number of likely N-dealkylation sites (tertiary alicyclic amines) is 1. The van der Waals surface area contributed by atoms with Gasteiger partial charge >= 0.3 is 0 Å². The summed E-state index contributed by atoms with van der Waals surface area (Å²) < 4.78 is 0. The van der Waals surface area contributed by atoms with Crippen molar-refractivity contribution in [3.8, 4) is 0 Å². The molecule has 2 fully saturated rings. The summed E-state index contributed by atoms with van der Waals surface area (Å²) in [4.78, 5) is 27.9. The van der Waals surface area contributed by atoms with Crippen LogP contribution in [0.1, 0.15) is 37.1 Å². The molecule has 2 aromatic rings. The summed E-state index contributed by atoms with van der Waals surface area (Å²) in [5.74, 6) is 0.973. The van der Waals surface area contributed by atoms with Gasteiger partial charge < -0.3 is 10.2 Å². The van der Waals surface area contributed by atoms with Crippen LogP contribution < -0.4 is 10.2 Å². The van der Waals surface area contributed by atoms with E-state index in [-0.39, 0.29) is 23.3 Å². The standard InChI is InChI=1S/C22H31N5OS/c1-16(2)20(28)25-19-6-8-27(21-23-11-17(3)12-24-21)15-22(19)7-9-26(14-22)13-18-5-4-10-29-18/h4-5,10-12,16,19H,6-9,13-15H2,1-3H3,(H,25,28)/t19-,22+/m0/s1. The second kappa shape index (κ2) is 8.40. The van der Waals surface area contributed by atoms with E-state index in [0.717, 1.165) is 57.1 Å². The van der Waals surface area contributed by atoms with E-state index in [1.54, 1.807) is 0 Å². The number of carbonyl (C=O) groups excluding carboxylic acids is 1. The zero-order valence-corrected chi connectivity index (χ0v) is 18.4. The topological polar surface area (TPSA) is 61.4 Å². The zero-order valence-electron chi connectivity index (χ0n) is 17.6. The van der Waals surface area contributed by atoms with Gasteiger partial charge in [0.05, 0.1) is 0 Å². The average Bonchev–Trinajstić information content (AvgIpc) is 3.35. The number of hydrogen-bond acceptors (Lipinski definition) is 6. The lowest BCUT2D eigenvalue weighted by atomic mass is 9.74. The zero-order chi connectivity index (χ0) is 20.4. The van der Waals surface area contributed by atoms with Gasteiger partial charge in [-0.2, -0.15) is 0 Å². The number of aryl methyl sites for hydroxylation is 1. The van der Waals surface area contributed by atoms with Crippen LogP contribution in [-0.2, 0) is 11.3 Å². The number of aromatic nitrogens is 2. The average molecular weight is 414 g/mol. The number of thiophene rings is 1. The molecule has 6 nitrogen and oxygen atoms in total. The minimum atomic E-state index is 0.00846. The summed E-state index contributed by atoms with van der Waals surface area (Å²) in [6, 6.07) is 4.53. The van der Waals surface area contributed by atoms with Gasteiger partial charge in [-0.3, -0.25) is 9.69 Å². The van der Waals surface area contributed by atoms with Gasteiger partial charge in [0.25, 0.3) is 0 Å². The van der Waals surface area contributed by atoms with E-state index in [4.69, 9.17) is 0 Å². The Morgan fingerprint density at radius 2 is 2.10 bits per heavy atom. The van der Waals surface area contributed by atoms with Gasteiger partial charge in [-0.15, -0.1) is 11.3 Å². The molecule has 0 radical (unpaired) electrons. The highest BCUT2D eigenvalue weighted by atomic mass is 32.1. The second-order valence-electron chi connectivity index (χ2n) is 8.89. The highest BCUT2D eigenvalue weighted by molar-refractivity contribution is 7.09. The first-order valence-corrected chi connectivity index (χ1v) is 11.4. The maximum Gasteiger partial charge on any atom is 0.225 e. The number of nitrogens with zero attached hydrogens (tertiary/aromatic N) is 4. The Morgan fingerprint density at radius 1 is 1.31 bits per heavy atom. The fraction of sp³-hybridized carbons (Fsp3) is 0.591. The number of hydrogen-bond donors (Lipinski definition) is 1. The van der Waals surface area contributed by atoms with Gasteiger partial charge in [-0.25, -0.2) is 9.97 Å². The van der Waals surface area contributed by atoms with Crippen LogP contribution in [0.2, 0.25) is 0 Å². The molecule has 1 amide bonds. The first kappa shape index (κ1) is 20.3. The molecule has 0 saturated carbocycles. The fourth-order valence-corrected chi connectivity index (χ4v) is 5.35. The highest BCUT2D eigenvalue weighted by Crippen LogP contribution is 2.41. The van der Waals surface area contributed by atoms with Gasteiger partial charge in [0, 0.05) is 60.8 Å². The minimum Gasteiger partial charge on any atom is -0.352 e. The van der Waals surface area contributed by atoms with Crippen molar-refractivity contribution >= 4 is 23.2 Å². The molecular weight excluding hydrogens is 382 g/mol. The molecule has 156 valence electrons. The molecule has 0 bridgehead atoms. The summed E-state index contributed by atoms with van der Waals surface area (Å²) in [6.07, 6.45) is 5.80. The Morgan fingerprint density at radius 3 is 2.79 bits per heavy atom. The van der Waals surface area contributed by atoms with Crippen LogP contribution in [0.5, 0.6) is 0 Å². The third kappa shape index (κ3) is 4.46. The predicted molar refractivity (Wildman–Crippen MR) is 117 cm³/mol. The first-order valence-electron chi connectivity index (χ1n) is 10.5. The Balaban J connectivity index is 1.53. The summed E-state index contributed by atoms with van der Waals surface area (Å²) >= 11 is 1.82. The van der Waals surface area contributed by atoms with Crippen molar-refractivity contribution in [1.29, 1.82) is 0 Å². The van der Waals surface area contributed by atoms with Crippen molar-refractivity contribution in [3.05, 3.63) is 40.3 Å². The van der Waals surface area contributed by atoms with Gasteiger partial charge in [0.15, 0.2) is 0 Å². The van der Waals surface area contributed by atoms with E-state index in [1.807, 2.05) is 44.5 Å². The van der Waals surface area contributed by atoms with Crippen molar-refractivity contribution < 1.29 is 4.79 Å². The van der Waals surface area contributed by atoms with Gasteiger partial charge in [-0.1, -0.05) is 19.9 Å². The molecule has 2 saturated heterocycles. The third-order valence-electron chi connectivity index (χ3n) is 6.25. The van der Waals surface area contributed by atoms with Gasteiger partial charge in [0.1, 0.15) is 0 Å². The normalized spacial score (nSPS) is 25.1. The summed E-state index contributed by atoms with van der Waals surface area (Å²) in [6.45, 7) is 10.8. The molecule has 2 aliphatic heterocycles.